The maximum atomic E-state index is 5.78. The van der Waals surface area contributed by atoms with Crippen LogP contribution in [0, 0.1) is 6.92 Å². The molecular formula is C13H19O. The van der Waals surface area contributed by atoms with Crippen LogP contribution < -0.4 is 0 Å². The van der Waals surface area contributed by atoms with Crippen LogP contribution in [0.3, 0.4) is 0 Å². The molecule has 0 amide bonds. The monoisotopic (exact) mass is 191 g/mol. The maximum absolute atomic E-state index is 5.78. The zero-order valence-corrected chi connectivity index (χ0v) is 8.91. The molecule has 1 rings (SSSR count). The Labute approximate surface area is 87.1 Å². The molecule has 1 radical (unpaired) electrons. The Morgan fingerprint density at radius 1 is 1.29 bits per heavy atom. The molecule has 0 aliphatic carbocycles. The Kier molecular flexibility index (Phi) is 5.31. The molecule has 0 saturated heterocycles. The van der Waals surface area contributed by atoms with Crippen LogP contribution in [0.5, 0.6) is 0 Å². The third-order valence-corrected chi connectivity index (χ3v) is 2.16. The van der Waals surface area contributed by atoms with Gasteiger partial charge in [0.15, 0.2) is 0 Å². The average Bonchev–Trinajstić information content (AvgIpc) is 2.25. The predicted octanol–water partition coefficient (Wildman–Crippen LogP) is 3.77. The highest BCUT2D eigenvalue weighted by Crippen LogP contribution is 2.22. The van der Waals surface area contributed by atoms with Gasteiger partial charge in [0, 0.05) is 6.61 Å². The zero-order chi connectivity index (χ0) is 10.2. The van der Waals surface area contributed by atoms with Gasteiger partial charge in [0.2, 0.25) is 0 Å². The van der Waals surface area contributed by atoms with Gasteiger partial charge in [0.25, 0.3) is 0 Å². The van der Waals surface area contributed by atoms with E-state index in [1.54, 1.807) is 0 Å². The van der Waals surface area contributed by atoms with E-state index >= 15 is 0 Å². The number of benzene rings is 1. The molecule has 0 bridgehead atoms. The molecule has 77 valence electrons. The summed E-state index contributed by atoms with van der Waals surface area (Å²) in [4.78, 5) is 0. The van der Waals surface area contributed by atoms with Crippen molar-refractivity contribution in [1.29, 1.82) is 0 Å². The SMILES string of the molecule is [CH2]CCC(OCCC)c1ccccc1. The first-order chi connectivity index (χ1) is 6.88. The lowest BCUT2D eigenvalue weighted by Gasteiger charge is -2.17. The molecule has 1 unspecified atom stereocenters. The minimum atomic E-state index is 0.230. The van der Waals surface area contributed by atoms with E-state index in [1.165, 1.54) is 5.56 Å². The highest BCUT2D eigenvalue weighted by Gasteiger charge is 2.09. The first-order valence-corrected chi connectivity index (χ1v) is 5.34. The van der Waals surface area contributed by atoms with Gasteiger partial charge < -0.3 is 4.74 Å². The molecule has 1 atom stereocenters. The smallest absolute Gasteiger partial charge is 0.0824 e. The van der Waals surface area contributed by atoms with Crippen molar-refractivity contribution in [3.63, 3.8) is 0 Å². The van der Waals surface area contributed by atoms with Crippen molar-refractivity contribution in [2.45, 2.75) is 32.3 Å². The molecule has 0 spiro atoms. The highest BCUT2D eigenvalue weighted by molar-refractivity contribution is 5.17. The van der Waals surface area contributed by atoms with Gasteiger partial charge in [-0.05, 0) is 18.4 Å². The summed E-state index contributed by atoms with van der Waals surface area (Å²) >= 11 is 0. The van der Waals surface area contributed by atoms with Gasteiger partial charge in [-0.3, -0.25) is 0 Å². The van der Waals surface area contributed by atoms with Crippen molar-refractivity contribution in [2.24, 2.45) is 0 Å². The lowest BCUT2D eigenvalue weighted by Crippen LogP contribution is -2.04. The molecule has 14 heavy (non-hydrogen) atoms. The van der Waals surface area contributed by atoms with Crippen LogP contribution in [0.25, 0.3) is 0 Å². The van der Waals surface area contributed by atoms with Crippen LogP contribution in [0.4, 0.5) is 0 Å². The fraction of sp³-hybridized carbons (Fsp3) is 0.462. The van der Waals surface area contributed by atoms with E-state index < -0.39 is 0 Å². The zero-order valence-electron chi connectivity index (χ0n) is 8.91. The first-order valence-electron chi connectivity index (χ1n) is 5.34. The normalized spacial score (nSPS) is 12.7. The van der Waals surface area contributed by atoms with Gasteiger partial charge in [0.1, 0.15) is 0 Å². The molecule has 0 aromatic heterocycles. The third kappa shape index (κ3) is 3.51. The lowest BCUT2D eigenvalue weighted by atomic mass is 10.1. The molecular weight excluding hydrogens is 172 g/mol. The van der Waals surface area contributed by atoms with Gasteiger partial charge in [-0.15, -0.1) is 0 Å². The molecule has 1 nitrogen and oxygen atoms in total. The molecule has 0 fully saturated rings. The Balaban J connectivity index is 2.58. The standard InChI is InChI=1S/C13H19O/c1-3-8-13(14-11-4-2)12-9-6-5-7-10-12/h5-7,9-10,13H,1,3-4,8,11H2,2H3. The first kappa shape index (κ1) is 11.3. The van der Waals surface area contributed by atoms with Gasteiger partial charge >= 0.3 is 0 Å². The van der Waals surface area contributed by atoms with E-state index in [0.717, 1.165) is 25.9 Å². The molecule has 0 aliphatic heterocycles. The van der Waals surface area contributed by atoms with Gasteiger partial charge in [-0.2, -0.15) is 0 Å². The third-order valence-electron chi connectivity index (χ3n) is 2.16. The summed E-state index contributed by atoms with van der Waals surface area (Å²) in [5, 5.41) is 0. The molecule has 0 aliphatic rings. The van der Waals surface area contributed by atoms with Gasteiger partial charge in [-0.1, -0.05) is 50.6 Å². The van der Waals surface area contributed by atoms with E-state index in [0.29, 0.717) is 0 Å². The van der Waals surface area contributed by atoms with Crippen molar-refractivity contribution < 1.29 is 4.74 Å². The lowest BCUT2D eigenvalue weighted by molar-refractivity contribution is 0.0476. The van der Waals surface area contributed by atoms with E-state index in [-0.39, 0.29) is 6.10 Å². The molecule has 0 heterocycles. The number of hydrogen-bond donors (Lipinski definition) is 0. The summed E-state index contributed by atoms with van der Waals surface area (Å²) in [5.74, 6) is 0. The number of hydrogen-bond acceptors (Lipinski definition) is 1. The number of rotatable bonds is 6. The molecule has 1 aromatic carbocycles. The van der Waals surface area contributed by atoms with Crippen LogP contribution in [0.15, 0.2) is 30.3 Å². The van der Waals surface area contributed by atoms with Crippen molar-refractivity contribution in [3.05, 3.63) is 42.8 Å². The summed E-state index contributed by atoms with van der Waals surface area (Å²) in [6, 6.07) is 10.4. The second kappa shape index (κ2) is 6.61. The van der Waals surface area contributed by atoms with Gasteiger partial charge in [0.05, 0.1) is 6.10 Å². The largest absolute Gasteiger partial charge is 0.374 e. The molecule has 0 saturated carbocycles. The minimum Gasteiger partial charge on any atom is -0.374 e. The Morgan fingerprint density at radius 3 is 2.57 bits per heavy atom. The maximum Gasteiger partial charge on any atom is 0.0824 e. The summed E-state index contributed by atoms with van der Waals surface area (Å²) in [6.45, 7) is 6.84. The van der Waals surface area contributed by atoms with Crippen LogP contribution in [0.2, 0.25) is 0 Å². The predicted molar refractivity (Wildman–Crippen MR) is 60.0 cm³/mol. The van der Waals surface area contributed by atoms with Crippen LogP contribution in [-0.4, -0.2) is 6.61 Å². The van der Waals surface area contributed by atoms with Crippen molar-refractivity contribution in [1.82, 2.24) is 0 Å². The summed E-state index contributed by atoms with van der Waals surface area (Å²) in [6.07, 6.45) is 3.22. The van der Waals surface area contributed by atoms with Crippen LogP contribution in [0.1, 0.15) is 37.9 Å². The molecule has 0 N–H and O–H groups in total. The van der Waals surface area contributed by atoms with Gasteiger partial charge in [-0.25, -0.2) is 0 Å². The Hall–Kier alpha value is -0.820. The second-order valence-electron chi connectivity index (χ2n) is 3.41. The van der Waals surface area contributed by atoms with E-state index in [2.05, 4.69) is 38.1 Å². The Bertz CT molecular complexity index is 230. The van der Waals surface area contributed by atoms with Crippen molar-refractivity contribution >= 4 is 0 Å². The highest BCUT2D eigenvalue weighted by atomic mass is 16.5. The summed E-state index contributed by atoms with van der Waals surface area (Å²) in [7, 11) is 0. The van der Waals surface area contributed by atoms with Crippen molar-refractivity contribution in [2.75, 3.05) is 6.61 Å². The Morgan fingerprint density at radius 2 is 2.00 bits per heavy atom. The number of ether oxygens (including phenoxy) is 1. The van der Waals surface area contributed by atoms with E-state index in [1.807, 2.05) is 6.07 Å². The van der Waals surface area contributed by atoms with E-state index in [9.17, 15) is 0 Å². The van der Waals surface area contributed by atoms with Crippen LogP contribution in [-0.2, 0) is 4.74 Å². The fourth-order valence-electron chi connectivity index (χ4n) is 1.46. The molecule has 1 heteroatoms. The van der Waals surface area contributed by atoms with Crippen molar-refractivity contribution in [3.8, 4) is 0 Å². The van der Waals surface area contributed by atoms with Crippen LogP contribution >= 0.6 is 0 Å². The molecule has 1 aromatic rings. The fourth-order valence-corrected chi connectivity index (χ4v) is 1.46. The van der Waals surface area contributed by atoms with E-state index in [4.69, 9.17) is 4.74 Å². The topological polar surface area (TPSA) is 9.23 Å². The average molecular weight is 191 g/mol. The summed E-state index contributed by atoms with van der Waals surface area (Å²) < 4.78 is 5.78. The summed E-state index contributed by atoms with van der Waals surface area (Å²) in [5.41, 5.74) is 1.27. The minimum absolute atomic E-state index is 0.230. The quantitative estimate of drug-likeness (QED) is 0.665. The second-order valence-corrected chi connectivity index (χ2v) is 3.41.